The topological polar surface area (TPSA) is 104 Å². The number of aryl methyl sites for hydroxylation is 1. The Labute approximate surface area is 141 Å². The predicted molar refractivity (Wildman–Crippen MR) is 78.7 cm³/mol. The van der Waals surface area contributed by atoms with E-state index >= 15 is 0 Å². The summed E-state index contributed by atoms with van der Waals surface area (Å²) in [5, 5.41) is 0. The minimum atomic E-state index is -4.94. The summed E-state index contributed by atoms with van der Waals surface area (Å²) in [5.41, 5.74) is 3.40. The van der Waals surface area contributed by atoms with E-state index in [-0.39, 0.29) is 0 Å². The van der Waals surface area contributed by atoms with Crippen molar-refractivity contribution in [3.8, 4) is 22.6 Å². The second-order valence-electron chi connectivity index (χ2n) is 4.97. The maximum atomic E-state index is 8.49. The van der Waals surface area contributed by atoms with Crippen molar-refractivity contribution in [1.29, 1.82) is 0 Å². The second kappa shape index (κ2) is 8.01. The first-order chi connectivity index (χ1) is 11.3. The van der Waals surface area contributed by atoms with Crippen LogP contribution in [-0.4, -0.2) is 0 Å². The first kappa shape index (κ1) is 18.1. The van der Waals surface area contributed by atoms with Crippen molar-refractivity contribution in [1.82, 2.24) is 0 Å². The van der Waals surface area contributed by atoms with Gasteiger partial charge in [0.15, 0.2) is 0 Å². The number of rotatable bonds is 2. The van der Waals surface area contributed by atoms with Crippen LogP contribution < -0.4 is 18.6 Å². The van der Waals surface area contributed by atoms with Gasteiger partial charge >= 0.3 is 11.5 Å². The molecule has 6 heteroatoms. The van der Waals surface area contributed by atoms with Crippen molar-refractivity contribution < 1.29 is 33.3 Å². The Morgan fingerprint density at radius 2 is 1.00 bits per heavy atom. The third kappa shape index (κ3) is 6.08. The highest BCUT2D eigenvalue weighted by Crippen LogP contribution is 2.27. The Hall–Kier alpha value is -2.28. The summed E-state index contributed by atoms with van der Waals surface area (Å²) in [4.78, 5) is 0. The summed E-state index contributed by atoms with van der Waals surface area (Å²) in [5.74, 6) is 1.80. The molecule has 3 aromatic rings. The Morgan fingerprint density at radius 1 is 0.667 bits per heavy atom. The fourth-order valence-electron chi connectivity index (χ4n) is 2.12. The molecule has 2 aromatic carbocycles. The Morgan fingerprint density at radius 3 is 1.33 bits per heavy atom. The summed E-state index contributed by atoms with van der Waals surface area (Å²) in [6, 6.07) is 24.5. The van der Waals surface area contributed by atoms with Crippen LogP contribution in [0.4, 0.5) is 0 Å². The van der Waals surface area contributed by atoms with Gasteiger partial charge in [0.05, 0.1) is 11.1 Å². The molecule has 1 aromatic heterocycles. The van der Waals surface area contributed by atoms with Crippen LogP contribution in [-0.2, 0) is 0 Å². The van der Waals surface area contributed by atoms with Gasteiger partial charge in [0.25, 0.3) is 0 Å². The summed E-state index contributed by atoms with van der Waals surface area (Å²) < 4.78 is 40.0. The molecule has 1 heterocycles. The van der Waals surface area contributed by atoms with Crippen LogP contribution in [0.2, 0.25) is 0 Å². The van der Waals surface area contributed by atoms with Gasteiger partial charge in [0.1, 0.15) is 0 Å². The van der Waals surface area contributed by atoms with Gasteiger partial charge in [-0.05, 0) is 36.8 Å². The molecule has 0 bridgehead atoms. The minimum absolute atomic E-state index is 0.902. The first-order valence-electron chi connectivity index (χ1n) is 7.00. The van der Waals surface area contributed by atoms with Gasteiger partial charge in [-0.1, -0.05) is 36.4 Å². The van der Waals surface area contributed by atoms with E-state index in [1.165, 1.54) is 5.56 Å². The van der Waals surface area contributed by atoms with Crippen LogP contribution in [0, 0.1) is 17.2 Å². The summed E-state index contributed by atoms with van der Waals surface area (Å²) >= 11 is 0. The molecule has 0 unspecified atom stereocenters. The molecule has 0 aliphatic carbocycles. The van der Waals surface area contributed by atoms with Crippen LogP contribution >= 0.6 is 0 Å². The molecule has 0 amide bonds. The Kier molecular flexibility index (Phi) is 6.03. The van der Waals surface area contributed by atoms with E-state index < -0.39 is 10.2 Å². The van der Waals surface area contributed by atoms with Crippen molar-refractivity contribution in [2.24, 2.45) is 0 Å². The quantitative estimate of drug-likeness (QED) is 0.626. The molecule has 0 atom stereocenters. The third-order valence-corrected chi connectivity index (χ3v) is 3.05. The van der Waals surface area contributed by atoms with Crippen LogP contribution in [0.15, 0.2) is 77.2 Å². The molecule has 0 saturated carbocycles. The van der Waals surface area contributed by atoms with E-state index in [1.807, 2.05) is 36.4 Å². The van der Waals surface area contributed by atoms with Gasteiger partial charge in [0.2, 0.25) is 0 Å². The molecule has 124 valence electrons. The lowest BCUT2D eigenvalue weighted by Gasteiger charge is -2.17. The summed E-state index contributed by atoms with van der Waals surface area (Å²) in [7, 11) is -4.94. The number of hydrogen-bond acceptors (Lipinski definition) is 4. The van der Waals surface area contributed by atoms with E-state index in [0.717, 1.165) is 22.6 Å². The highest BCUT2D eigenvalue weighted by molar-refractivity contribution is 5.63. The highest BCUT2D eigenvalue weighted by atomic mass is 35.7. The van der Waals surface area contributed by atoms with Gasteiger partial charge in [-0.25, -0.2) is 23.1 Å². The number of halogens is 1. The molecule has 0 saturated heterocycles. The zero-order valence-electron chi connectivity index (χ0n) is 12.8. The maximum absolute atomic E-state index is 8.49. The maximum Gasteiger partial charge on any atom is 0.361 e. The Balaban J connectivity index is 0.000000368. The van der Waals surface area contributed by atoms with Gasteiger partial charge in [0, 0.05) is 12.1 Å². The van der Waals surface area contributed by atoms with E-state index in [1.54, 1.807) is 0 Å². The van der Waals surface area contributed by atoms with Crippen molar-refractivity contribution in [3.63, 3.8) is 0 Å². The summed E-state index contributed by atoms with van der Waals surface area (Å²) in [6.07, 6.45) is 0. The van der Waals surface area contributed by atoms with Crippen LogP contribution in [0.1, 0.15) is 5.56 Å². The predicted octanol–water partition coefficient (Wildman–Crippen LogP) is 0.447. The molecule has 0 aliphatic heterocycles. The normalized spacial score (nSPS) is 10.7. The molecule has 5 nitrogen and oxygen atoms in total. The SMILES string of the molecule is Cc1cc(-c2ccccc2)[o+]c(-c2ccccc2)c1.[O-][Cl+3]([O-])([O-])[O-]. The Bertz CT molecular complexity index is 707. The lowest BCUT2D eigenvalue weighted by Crippen LogP contribution is -2.68. The summed E-state index contributed by atoms with van der Waals surface area (Å²) in [6.45, 7) is 2.09. The van der Waals surface area contributed by atoms with Crippen LogP contribution in [0.25, 0.3) is 22.6 Å². The van der Waals surface area contributed by atoms with Crippen molar-refractivity contribution in [2.45, 2.75) is 6.92 Å². The smallest absolute Gasteiger partial charge is 0.222 e. The lowest BCUT2D eigenvalue weighted by atomic mass is 10.1. The van der Waals surface area contributed by atoms with Crippen molar-refractivity contribution >= 4 is 0 Å². The molecular formula is C18H15ClO5. The molecular weight excluding hydrogens is 332 g/mol. The van der Waals surface area contributed by atoms with E-state index in [0.29, 0.717) is 0 Å². The van der Waals surface area contributed by atoms with E-state index in [4.69, 9.17) is 23.1 Å². The van der Waals surface area contributed by atoms with Gasteiger partial charge in [-0.15, -0.1) is 10.2 Å². The van der Waals surface area contributed by atoms with Crippen molar-refractivity contribution in [2.75, 3.05) is 0 Å². The third-order valence-electron chi connectivity index (χ3n) is 3.05. The number of benzene rings is 2. The average Bonchev–Trinajstić information content (AvgIpc) is 2.54. The second-order valence-corrected chi connectivity index (χ2v) is 5.73. The molecule has 24 heavy (non-hydrogen) atoms. The monoisotopic (exact) mass is 346 g/mol. The average molecular weight is 347 g/mol. The minimum Gasteiger partial charge on any atom is -0.222 e. The van der Waals surface area contributed by atoms with E-state index in [9.17, 15) is 0 Å². The van der Waals surface area contributed by atoms with E-state index in [2.05, 4.69) is 43.3 Å². The standard InChI is InChI=1S/C18H15O.ClHO4/c1-14-12-17(15-8-4-2-5-9-15)19-18(13-14)16-10-6-3-7-11-16;2-1(3,4)5/h2-13H,1H3;(H,2,3,4,5)/q+1;/p-1. The lowest BCUT2D eigenvalue weighted by molar-refractivity contribution is -2.00. The molecule has 0 aliphatic rings. The highest BCUT2D eigenvalue weighted by Gasteiger charge is 2.17. The fourth-order valence-corrected chi connectivity index (χ4v) is 2.12. The fraction of sp³-hybridized carbons (Fsp3) is 0.0556. The van der Waals surface area contributed by atoms with Gasteiger partial charge in [-0.2, -0.15) is 0 Å². The van der Waals surface area contributed by atoms with Crippen LogP contribution in [0.3, 0.4) is 0 Å². The molecule has 0 spiro atoms. The van der Waals surface area contributed by atoms with Gasteiger partial charge in [-0.3, -0.25) is 0 Å². The number of hydrogen-bond donors (Lipinski definition) is 0. The van der Waals surface area contributed by atoms with Gasteiger partial charge < -0.3 is 0 Å². The van der Waals surface area contributed by atoms with Crippen molar-refractivity contribution in [3.05, 3.63) is 78.4 Å². The van der Waals surface area contributed by atoms with Crippen LogP contribution in [0.5, 0.6) is 0 Å². The zero-order chi connectivity index (χ0) is 17.6. The zero-order valence-corrected chi connectivity index (χ0v) is 13.6. The molecule has 0 fully saturated rings. The molecule has 0 N–H and O–H groups in total. The largest absolute Gasteiger partial charge is 0.361 e. The first-order valence-corrected chi connectivity index (χ1v) is 8.24. The molecule has 0 radical (unpaired) electrons. The molecule has 3 rings (SSSR count).